The van der Waals surface area contributed by atoms with Gasteiger partial charge in [-0.1, -0.05) is 12.1 Å². The average molecular weight is 366 g/mol. The number of hydrogen-bond donors (Lipinski definition) is 2. The molecule has 0 fully saturated rings. The summed E-state index contributed by atoms with van der Waals surface area (Å²) < 4.78 is 12.4. The molecule has 0 radical (unpaired) electrons. The quantitative estimate of drug-likeness (QED) is 0.489. The van der Waals surface area contributed by atoms with Gasteiger partial charge in [0.05, 0.1) is 20.8 Å². The molecule has 0 saturated carbocycles. The van der Waals surface area contributed by atoms with Crippen molar-refractivity contribution in [3.05, 3.63) is 66.4 Å². The number of pyridine rings is 1. The van der Waals surface area contributed by atoms with E-state index in [0.29, 0.717) is 30.5 Å². The van der Waals surface area contributed by atoms with E-state index in [9.17, 15) is 0 Å². The Bertz CT molecular complexity index is 891. The van der Waals surface area contributed by atoms with Gasteiger partial charge >= 0.3 is 0 Å². The summed E-state index contributed by atoms with van der Waals surface area (Å²) >= 11 is 0. The van der Waals surface area contributed by atoms with Crippen molar-refractivity contribution in [2.75, 3.05) is 14.2 Å². The SMILES string of the molecule is COc1ccc(CNC(N)=NCc2ccc(-n3ccnc3)nc2)cc1OC. The lowest BCUT2D eigenvalue weighted by atomic mass is 10.2. The lowest BCUT2D eigenvalue weighted by Crippen LogP contribution is -2.31. The molecule has 3 aromatic rings. The van der Waals surface area contributed by atoms with Crippen molar-refractivity contribution in [1.82, 2.24) is 19.9 Å². The van der Waals surface area contributed by atoms with Crippen LogP contribution in [0.5, 0.6) is 11.5 Å². The number of benzene rings is 1. The van der Waals surface area contributed by atoms with Gasteiger partial charge < -0.3 is 20.5 Å². The topological polar surface area (TPSA) is 99.6 Å². The lowest BCUT2D eigenvalue weighted by Gasteiger charge is -2.10. The van der Waals surface area contributed by atoms with Crippen molar-refractivity contribution >= 4 is 5.96 Å². The Morgan fingerprint density at radius 2 is 1.96 bits per heavy atom. The molecule has 0 unspecified atom stereocenters. The summed E-state index contributed by atoms with van der Waals surface area (Å²) in [5.74, 6) is 2.54. The molecule has 2 heterocycles. The van der Waals surface area contributed by atoms with E-state index in [1.54, 1.807) is 32.9 Å². The number of rotatable bonds is 7. The van der Waals surface area contributed by atoms with E-state index in [-0.39, 0.29) is 0 Å². The number of nitrogens with zero attached hydrogens (tertiary/aromatic N) is 4. The molecule has 0 aliphatic carbocycles. The Balaban J connectivity index is 1.55. The zero-order chi connectivity index (χ0) is 19.1. The summed E-state index contributed by atoms with van der Waals surface area (Å²) in [5.41, 5.74) is 7.93. The fraction of sp³-hybridized carbons (Fsp3) is 0.211. The molecule has 0 amide bonds. The summed E-state index contributed by atoms with van der Waals surface area (Å²) in [6.07, 6.45) is 7.04. The van der Waals surface area contributed by atoms with E-state index < -0.39 is 0 Å². The first-order valence-electron chi connectivity index (χ1n) is 8.37. The van der Waals surface area contributed by atoms with Gasteiger partial charge in [-0.2, -0.15) is 0 Å². The smallest absolute Gasteiger partial charge is 0.189 e. The van der Waals surface area contributed by atoms with Gasteiger partial charge in [-0.25, -0.2) is 15.0 Å². The van der Waals surface area contributed by atoms with Gasteiger partial charge in [0.2, 0.25) is 0 Å². The predicted octanol–water partition coefficient (Wildman–Crippen LogP) is 1.89. The van der Waals surface area contributed by atoms with E-state index in [2.05, 4.69) is 20.3 Å². The number of ether oxygens (including phenoxy) is 2. The second kappa shape index (κ2) is 8.70. The molecule has 0 aliphatic heterocycles. The second-order valence-corrected chi connectivity index (χ2v) is 5.74. The number of imidazole rings is 1. The van der Waals surface area contributed by atoms with Crippen LogP contribution < -0.4 is 20.5 Å². The highest BCUT2D eigenvalue weighted by molar-refractivity contribution is 5.77. The van der Waals surface area contributed by atoms with Gasteiger partial charge in [0.25, 0.3) is 0 Å². The van der Waals surface area contributed by atoms with E-state index in [4.69, 9.17) is 15.2 Å². The summed E-state index contributed by atoms with van der Waals surface area (Å²) in [6, 6.07) is 9.59. The van der Waals surface area contributed by atoms with Crippen molar-refractivity contribution in [1.29, 1.82) is 0 Å². The van der Waals surface area contributed by atoms with Gasteiger partial charge in [0, 0.05) is 25.1 Å². The fourth-order valence-corrected chi connectivity index (χ4v) is 2.47. The highest BCUT2D eigenvalue weighted by Gasteiger charge is 2.05. The van der Waals surface area contributed by atoms with Crippen molar-refractivity contribution in [2.45, 2.75) is 13.1 Å². The van der Waals surface area contributed by atoms with Gasteiger partial charge in [-0.15, -0.1) is 0 Å². The summed E-state index contributed by atoms with van der Waals surface area (Å²) in [5, 5.41) is 3.09. The van der Waals surface area contributed by atoms with E-state index in [1.165, 1.54) is 0 Å². The summed E-state index contributed by atoms with van der Waals surface area (Å²) in [7, 11) is 3.22. The van der Waals surface area contributed by atoms with Crippen LogP contribution in [0.3, 0.4) is 0 Å². The Morgan fingerprint density at radius 1 is 1.15 bits per heavy atom. The lowest BCUT2D eigenvalue weighted by molar-refractivity contribution is 0.354. The van der Waals surface area contributed by atoms with E-state index >= 15 is 0 Å². The minimum atomic E-state index is 0.364. The molecular weight excluding hydrogens is 344 g/mol. The molecule has 1 aromatic carbocycles. The van der Waals surface area contributed by atoms with Crippen LogP contribution in [0.1, 0.15) is 11.1 Å². The Hall–Kier alpha value is -3.55. The first kappa shape index (κ1) is 18.2. The van der Waals surface area contributed by atoms with E-state index in [1.807, 2.05) is 41.1 Å². The normalized spacial score (nSPS) is 11.3. The van der Waals surface area contributed by atoms with Crippen molar-refractivity contribution in [2.24, 2.45) is 10.7 Å². The molecule has 0 saturated heterocycles. The number of aliphatic imine (C=N–C) groups is 1. The summed E-state index contributed by atoms with van der Waals surface area (Å²) in [4.78, 5) is 12.7. The Labute approximate surface area is 157 Å². The molecular formula is C19H22N6O2. The van der Waals surface area contributed by atoms with Crippen LogP contribution in [0, 0.1) is 0 Å². The minimum absolute atomic E-state index is 0.364. The van der Waals surface area contributed by atoms with Gasteiger partial charge in [0.15, 0.2) is 17.5 Å². The molecule has 27 heavy (non-hydrogen) atoms. The average Bonchev–Trinajstić information content (AvgIpc) is 3.25. The fourth-order valence-electron chi connectivity index (χ4n) is 2.47. The Morgan fingerprint density at radius 3 is 2.63 bits per heavy atom. The number of guanidine groups is 1. The van der Waals surface area contributed by atoms with Crippen LogP contribution in [0.15, 0.2) is 60.2 Å². The molecule has 3 rings (SSSR count). The van der Waals surface area contributed by atoms with Crippen LogP contribution in [0.25, 0.3) is 5.82 Å². The molecule has 0 spiro atoms. The van der Waals surface area contributed by atoms with Gasteiger partial charge in [-0.05, 0) is 29.3 Å². The number of nitrogens with two attached hydrogens (primary N) is 1. The number of aromatic nitrogens is 3. The van der Waals surface area contributed by atoms with Crippen LogP contribution in [0.4, 0.5) is 0 Å². The van der Waals surface area contributed by atoms with Crippen LogP contribution >= 0.6 is 0 Å². The van der Waals surface area contributed by atoms with Gasteiger partial charge in [-0.3, -0.25) is 4.57 Å². The molecule has 140 valence electrons. The third-order valence-electron chi connectivity index (χ3n) is 3.93. The first-order chi connectivity index (χ1) is 13.2. The number of hydrogen-bond acceptors (Lipinski definition) is 5. The first-order valence-corrected chi connectivity index (χ1v) is 8.37. The zero-order valence-corrected chi connectivity index (χ0v) is 15.3. The summed E-state index contributed by atoms with van der Waals surface area (Å²) in [6.45, 7) is 0.982. The molecule has 0 aliphatic rings. The van der Waals surface area contributed by atoms with Crippen molar-refractivity contribution in [3.63, 3.8) is 0 Å². The maximum Gasteiger partial charge on any atom is 0.189 e. The van der Waals surface area contributed by atoms with Crippen molar-refractivity contribution in [3.8, 4) is 17.3 Å². The molecule has 3 N–H and O–H groups in total. The standard InChI is InChI=1S/C19H22N6O2/c1-26-16-5-3-14(9-17(16)27-2)10-23-19(20)24-12-15-4-6-18(22-11-15)25-8-7-21-13-25/h3-9,11,13H,10,12H2,1-2H3,(H3,20,23,24). The van der Waals surface area contributed by atoms with Crippen LogP contribution in [-0.4, -0.2) is 34.7 Å². The predicted molar refractivity (Wildman–Crippen MR) is 103 cm³/mol. The van der Waals surface area contributed by atoms with Crippen molar-refractivity contribution < 1.29 is 9.47 Å². The molecule has 2 aromatic heterocycles. The third kappa shape index (κ3) is 4.75. The van der Waals surface area contributed by atoms with Crippen LogP contribution in [0.2, 0.25) is 0 Å². The second-order valence-electron chi connectivity index (χ2n) is 5.74. The Kier molecular flexibility index (Phi) is 5.88. The van der Waals surface area contributed by atoms with Gasteiger partial charge in [0.1, 0.15) is 12.1 Å². The van der Waals surface area contributed by atoms with Crippen LogP contribution in [-0.2, 0) is 13.1 Å². The molecule has 8 heteroatoms. The number of methoxy groups -OCH3 is 2. The van der Waals surface area contributed by atoms with E-state index in [0.717, 1.165) is 16.9 Å². The molecule has 0 atom stereocenters. The largest absolute Gasteiger partial charge is 0.493 e. The minimum Gasteiger partial charge on any atom is -0.493 e. The monoisotopic (exact) mass is 366 g/mol. The zero-order valence-electron chi connectivity index (χ0n) is 15.3. The third-order valence-corrected chi connectivity index (χ3v) is 3.93. The number of nitrogens with one attached hydrogen (secondary N) is 1. The highest BCUT2D eigenvalue weighted by Crippen LogP contribution is 2.27. The maximum absolute atomic E-state index is 5.95. The molecule has 0 bridgehead atoms. The molecule has 8 nitrogen and oxygen atoms in total. The highest BCUT2D eigenvalue weighted by atomic mass is 16.5. The maximum atomic E-state index is 5.95.